The first-order valence-electron chi connectivity index (χ1n) is 6.64. The number of hydrogen-bond acceptors (Lipinski definition) is 3. The van der Waals surface area contributed by atoms with Crippen LogP contribution in [0.25, 0.3) is 0 Å². The second-order valence-electron chi connectivity index (χ2n) is 6.00. The molecule has 4 nitrogen and oxygen atoms in total. The van der Waals surface area contributed by atoms with Crippen LogP contribution in [0.5, 0.6) is 0 Å². The summed E-state index contributed by atoms with van der Waals surface area (Å²) in [6, 6.07) is 0. The van der Waals surface area contributed by atoms with Gasteiger partial charge in [-0.25, -0.2) is 0 Å². The van der Waals surface area contributed by atoms with E-state index in [0.29, 0.717) is 11.3 Å². The Kier molecular flexibility index (Phi) is 4.80. The fourth-order valence-corrected chi connectivity index (χ4v) is 2.35. The molecule has 0 saturated heterocycles. The third kappa shape index (κ3) is 3.60. The van der Waals surface area contributed by atoms with E-state index in [1.54, 1.807) is 0 Å². The molecule has 0 spiro atoms. The van der Waals surface area contributed by atoms with Gasteiger partial charge < -0.3 is 16.3 Å². The lowest BCUT2D eigenvalue weighted by atomic mass is 9.67. The van der Waals surface area contributed by atoms with Crippen molar-refractivity contribution in [3.05, 3.63) is 0 Å². The number of rotatable bonds is 7. The van der Waals surface area contributed by atoms with Gasteiger partial charge in [0.25, 0.3) is 0 Å². The van der Waals surface area contributed by atoms with Gasteiger partial charge in [-0.3, -0.25) is 0 Å². The van der Waals surface area contributed by atoms with Crippen LogP contribution in [0.3, 0.4) is 0 Å². The van der Waals surface area contributed by atoms with Gasteiger partial charge in [0.15, 0.2) is 0 Å². The summed E-state index contributed by atoms with van der Waals surface area (Å²) in [5, 5.41) is 15.3. The van der Waals surface area contributed by atoms with Crippen molar-refractivity contribution >= 4 is 5.84 Å². The topological polar surface area (TPSA) is 70.6 Å². The summed E-state index contributed by atoms with van der Waals surface area (Å²) >= 11 is 0. The minimum Gasteiger partial charge on any atom is -0.409 e. The molecule has 0 radical (unpaired) electrons. The Balaban J connectivity index is 2.24. The molecule has 0 aromatic carbocycles. The Bertz CT molecular complexity index is 264. The van der Waals surface area contributed by atoms with E-state index in [-0.39, 0.29) is 5.41 Å². The van der Waals surface area contributed by atoms with Crippen LogP contribution in [0.4, 0.5) is 0 Å². The van der Waals surface area contributed by atoms with Crippen LogP contribution < -0.4 is 11.1 Å². The van der Waals surface area contributed by atoms with Gasteiger partial charge in [-0.1, -0.05) is 32.3 Å². The van der Waals surface area contributed by atoms with E-state index in [4.69, 9.17) is 10.9 Å². The highest BCUT2D eigenvalue weighted by atomic mass is 16.4. The number of nitrogens with zero attached hydrogens (tertiary/aromatic N) is 1. The zero-order valence-electron chi connectivity index (χ0n) is 11.4. The van der Waals surface area contributed by atoms with Crippen molar-refractivity contribution in [1.82, 2.24) is 5.32 Å². The molecular weight excluding hydrogens is 214 g/mol. The zero-order chi connectivity index (χ0) is 12.9. The van der Waals surface area contributed by atoms with Gasteiger partial charge in [-0.2, -0.15) is 0 Å². The minimum atomic E-state index is -0.235. The summed E-state index contributed by atoms with van der Waals surface area (Å²) < 4.78 is 0. The highest BCUT2D eigenvalue weighted by molar-refractivity contribution is 5.85. The summed E-state index contributed by atoms with van der Waals surface area (Å²) in [5.74, 6) is 0.313. The largest absolute Gasteiger partial charge is 0.409 e. The van der Waals surface area contributed by atoms with Crippen LogP contribution in [0.2, 0.25) is 0 Å². The van der Waals surface area contributed by atoms with Gasteiger partial charge in [-0.15, -0.1) is 0 Å². The molecule has 4 heteroatoms. The summed E-state index contributed by atoms with van der Waals surface area (Å²) in [5.41, 5.74) is 5.98. The molecule has 1 fully saturated rings. The van der Waals surface area contributed by atoms with Gasteiger partial charge >= 0.3 is 0 Å². The lowest BCUT2D eigenvalue weighted by Crippen LogP contribution is -2.41. The number of oxime groups is 1. The third-order valence-electron chi connectivity index (χ3n) is 4.39. The van der Waals surface area contributed by atoms with Crippen LogP contribution in [-0.4, -0.2) is 24.1 Å². The van der Waals surface area contributed by atoms with Gasteiger partial charge in [0.05, 0.1) is 0 Å². The highest BCUT2D eigenvalue weighted by Crippen LogP contribution is 2.43. The Hall–Kier alpha value is -0.770. The summed E-state index contributed by atoms with van der Waals surface area (Å²) in [7, 11) is 0. The van der Waals surface area contributed by atoms with Crippen LogP contribution in [-0.2, 0) is 0 Å². The van der Waals surface area contributed by atoms with E-state index in [0.717, 1.165) is 19.5 Å². The van der Waals surface area contributed by atoms with E-state index in [9.17, 15) is 0 Å². The number of nitrogens with one attached hydrogen (secondary N) is 1. The van der Waals surface area contributed by atoms with E-state index in [1.165, 1.54) is 25.7 Å². The van der Waals surface area contributed by atoms with E-state index < -0.39 is 0 Å². The van der Waals surface area contributed by atoms with Crippen LogP contribution in [0.15, 0.2) is 5.16 Å². The van der Waals surface area contributed by atoms with E-state index >= 15 is 0 Å². The standard InChI is InChI=1S/C13H27N3O/c1-4-13(6-5-7-13)10-15-9-8-12(2,3)11(14)16-17/h15,17H,4-10H2,1-3H3,(H2,14,16). The molecule has 1 rings (SSSR count). The molecule has 0 aromatic rings. The Morgan fingerprint density at radius 1 is 1.47 bits per heavy atom. The van der Waals surface area contributed by atoms with Crippen molar-refractivity contribution in [1.29, 1.82) is 0 Å². The third-order valence-corrected chi connectivity index (χ3v) is 4.39. The first-order chi connectivity index (χ1) is 7.96. The Labute approximate surface area is 105 Å². The van der Waals surface area contributed by atoms with Crippen LogP contribution in [0.1, 0.15) is 52.9 Å². The SMILES string of the molecule is CCC1(CNCCC(C)(C)C(N)=NO)CCC1. The normalized spacial score (nSPS) is 20.1. The van der Waals surface area contributed by atoms with E-state index in [1.807, 2.05) is 13.8 Å². The minimum absolute atomic E-state index is 0.235. The predicted octanol–water partition coefficient (Wildman–Crippen LogP) is 2.32. The average molecular weight is 241 g/mol. The monoisotopic (exact) mass is 241 g/mol. The van der Waals surface area contributed by atoms with Crippen LogP contribution >= 0.6 is 0 Å². The van der Waals surface area contributed by atoms with Crippen molar-refractivity contribution in [3.63, 3.8) is 0 Å². The van der Waals surface area contributed by atoms with Gasteiger partial charge in [0, 0.05) is 12.0 Å². The van der Waals surface area contributed by atoms with Crippen molar-refractivity contribution in [2.24, 2.45) is 21.7 Å². The first-order valence-corrected chi connectivity index (χ1v) is 6.64. The molecule has 0 heterocycles. The van der Waals surface area contributed by atoms with E-state index in [2.05, 4.69) is 17.4 Å². The molecule has 4 N–H and O–H groups in total. The maximum atomic E-state index is 8.68. The molecule has 0 amide bonds. The summed E-state index contributed by atoms with van der Waals surface area (Å²) in [6.45, 7) is 8.31. The molecule has 0 bridgehead atoms. The number of amidine groups is 1. The fourth-order valence-electron chi connectivity index (χ4n) is 2.35. The highest BCUT2D eigenvalue weighted by Gasteiger charge is 2.34. The first kappa shape index (κ1) is 14.3. The summed E-state index contributed by atoms with van der Waals surface area (Å²) in [6.07, 6.45) is 6.26. The number of hydrogen-bond donors (Lipinski definition) is 3. The molecular formula is C13H27N3O. The van der Waals surface area contributed by atoms with Crippen molar-refractivity contribution in [3.8, 4) is 0 Å². The van der Waals surface area contributed by atoms with Crippen molar-refractivity contribution < 1.29 is 5.21 Å². The predicted molar refractivity (Wildman–Crippen MR) is 71.3 cm³/mol. The number of nitrogens with two attached hydrogens (primary N) is 1. The van der Waals surface area contributed by atoms with Crippen LogP contribution in [0, 0.1) is 10.8 Å². The molecule has 100 valence electrons. The second kappa shape index (κ2) is 5.71. The molecule has 17 heavy (non-hydrogen) atoms. The quantitative estimate of drug-likeness (QED) is 0.211. The molecule has 0 aliphatic heterocycles. The Morgan fingerprint density at radius 2 is 2.12 bits per heavy atom. The van der Waals surface area contributed by atoms with Crippen molar-refractivity contribution in [2.75, 3.05) is 13.1 Å². The maximum absolute atomic E-state index is 8.68. The smallest absolute Gasteiger partial charge is 0.144 e. The fraction of sp³-hybridized carbons (Fsp3) is 0.923. The molecule has 1 aliphatic rings. The molecule has 1 saturated carbocycles. The van der Waals surface area contributed by atoms with Gasteiger partial charge in [0.2, 0.25) is 0 Å². The van der Waals surface area contributed by atoms with Crippen molar-refractivity contribution in [2.45, 2.75) is 52.9 Å². The van der Waals surface area contributed by atoms with Gasteiger partial charge in [-0.05, 0) is 37.6 Å². The maximum Gasteiger partial charge on any atom is 0.144 e. The second-order valence-corrected chi connectivity index (χ2v) is 6.00. The lowest BCUT2D eigenvalue weighted by Gasteiger charge is -2.41. The zero-order valence-corrected chi connectivity index (χ0v) is 11.4. The Morgan fingerprint density at radius 3 is 2.53 bits per heavy atom. The molecule has 1 aliphatic carbocycles. The van der Waals surface area contributed by atoms with Gasteiger partial charge in [0.1, 0.15) is 5.84 Å². The molecule has 0 atom stereocenters. The molecule has 0 aromatic heterocycles. The average Bonchev–Trinajstić information content (AvgIpc) is 2.26. The lowest BCUT2D eigenvalue weighted by molar-refractivity contribution is 0.123. The summed E-state index contributed by atoms with van der Waals surface area (Å²) in [4.78, 5) is 0. The molecule has 0 unspecified atom stereocenters.